The van der Waals surface area contributed by atoms with Crippen molar-refractivity contribution in [2.75, 3.05) is 6.61 Å². The van der Waals surface area contributed by atoms with Gasteiger partial charge in [-0.05, 0) is 55.7 Å². The first-order chi connectivity index (χ1) is 11.8. The van der Waals surface area contributed by atoms with Crippen molar-refractivity contribution >= 4 is 23.5 Å². The van der Waals surface area contributed by atoms with Crippen molar-refractivity contribution in [3.63, 3.8) is 0 Å². The van der Waals surface area contributed by atoms with Crippen LogP contribution in [0.4, 0.5) is 4.39 Å². The molecule has 0 fully saturated rings. The van der Waals surface area contributed by atoms with Gasteiger partial charge in [-0.25, -0.2) is 9.18 Å². The molecular formula is C19H19ClFNO3. The van der Waals surface area contributed by atoms with Crippen LogP contribution in [0, 0.1) is 19.7 Å². The van der Waals surface area contributed by atoms with Crippen LogP contribution in [0.3, 0.4) is 0 Å². The van der Waals surface area contributed by atoms with Crippen molar-refractivity contribution in [2.24, 2.45) is 0 Å². The molecule has 0 aromatic heterocycles. The summed E-state index contributed by atoms with van der Waals surface area (Å²) in [7, 11) is 0. The first kappa shape index (κ1) is 18.9. The van der Waals surface area contributed by atoms with Crippen LogP contribution in [0.15, 0.2) is 36.4 Å². The normalized spacial score (nSPS) is 11.7. The predicted molar refractivity (Wildman–Crippen MR) is 94.2 cm³/mol. The maximum Gasteiger partial charge on any atom is 0.340 e. The molecular weight excluding hydrogens is 345 g/mol. The van der Waals surface area contributed by atoms with Crippen LogP contribution in [-0.4, -0.2) is 18.5 Å². The van der Waals surface area contributed by atoms with E-state index >= 15 is 0 Å². The van der Waals surface area contributed by atoms with Crippen molar-refractivity contribution in [1.29, 1.82) is 0 Å². The van der Waals surface area contributed by atoms with Crippen molar-refractivity contribution in [3.8, 4) is 0 Å². The standard InChI is InChI=1S/C19H19ClFNO3/c1-11-4-5-14(8-12(11)2)13(3)22-18(23)10-25-19(24)16-7-6-15(21)9-17(16)20/h4-9,13H,10H2,1-3H3,(H,22,23)/t13-/m0/s1. The van der Waals surface area contributed by atoms with E-state index in [-0.39, 0.29) is 16.6 Å². The molecule has 0 saturated heterocycles. The Labute approximate surface area is 150 Å². The molecule has 1 amide bonds. The Morgan fingerprint density at radius 1 is 1.16 bits per heavy atom. The molecule has 1 N–H and O–H groups in total. The van der Waals surface area contributed by atoms with E-state index in [0.29, 0.717) is 0 Å². The second-order valence-electron chi connectivity index (χ2n) is 5.83. The number of carbonyl (C=O) groups excluding carboxylic acids is 2. The van der Waals surface area contributed by atoms with Crippen molar-refractivity contribution in [1.82, 2.24) is 5.32 Å². The minimum Gasteiger partial charge on any atom is -0.452 e. The van der Waals surface area contributed by atoms with Crippen LogP contribution >= 0.6 is 11.6 Å². The molecule has 0 aliphatic heterocycles. The van der Waals surface area contributed by atoms with E-state index in [9.17, 15) is 14.0 Å². The van der Waals surface area contributed by atoms with Crippen LogP contribution in [0.1, 0.15) is 40.0 Å². The van der Waals surface area contributed by atoms with Crippen LogP contribution in [-0.2, 0) is 9.53 Å². The van der Waals surface area contributed by atoms with Crippen LogP contribution < -0.4 is 5.32 Å². The third kappa shape index (κ3) is 5.03. The van der Waals surface area contributed by atoms with Crippen LogP contribution in [0.2, 0.25) is 5.02 Å². The smallest absolute Gasteiger partial charge is 0.340 e. The predicted octanol–water partition coefficient (Wildman–Crippen LogP) is 4.13. The van der Waals surface area contributed by atoms with Gasteiger partial charge in [-0.3, -0.25) is 4.79 Å². The Morgan fingerprint density at radius 2 is 1.88 bits per heavy atom. The third-order valence-corrected chi connectivity index (χ3v) is 4.21. The number of hydrogen-bond acceptors (Lipinski definition) is 3. The zero-order valence-corrected chi connectivity index (χ0v) is 15.0. The highest BCUT2D eigenvalue weighted by Crippen LogP contribution is 2.19. The molecule has 0 saturated carbocycles. The van der Waals surface area contributed by atoms with E-state index < -0.39 is 24.3 Å². The van der Waals surface area contributed by atoms with Gasteiger partial charge in [0.05, 0.1) is 16.6 Å². The van der Waals surface area contributed by atoms with Crippen LogP contribution in [0.5, 0.6) is 0 Å². The van der Waals surface area contributed by atoms with Gasteiger partial charge in [0, 0.05) is 0 Å². The molecule has 4 nitrogen and oxygen atoms in total. The van der Waals surface area contributed by atoms with E-state index in [1.807, 2.05) is 39.0 Å². The van der Waals surface area contributed by atoms with Gasteiger partial charge >= 0.3 is 5.97 Å². The van der Waals surface area contributed by atoms with E-state index in [1.165, 1.54) is 11.6 Å². The molecule has 25 heavy (non-hydrogen) atoms. The van der Waals surface area contributed by atoms with E-state index in [1.54, 1.807) is 0 Å². The summed E-state index contributed by atoms with van der Waals surface area (Å²) >= 11 is 5.79. The maximum absolute atomic E-state index is 13.0. The fraction of sp³-hybridized carbons (Fsp3) is 0.263. The lowest BCUT2D eigenvalue weighted by molar-refractivity contribution is -0.124. The molecule has 2 aromatic carbocycles. The van der Waals surface area contributed by atoms with Gasteiger partial charge < -0.3 is 10.1 Å². The Morgan fingerprint density at radius 3 is 2.52 bits per heavy atom. The molecule has 0 unspecified atom stereocenters. The summed E-state index contributed by atoms with van der Waals surface area (Å²) in [6, 6.07) is 9.05. The summed E-state index contributed by atoms with van der Waals surface area (Å²) in [5.41, 5.74) is 3.28. The van der Waals surface area contributed by atoms with Gasteiger partial charge in [-0.2, -0.15) is 0 Å². The monoisotopic (exact) mass is 363 g/mol. The molecule has 0 aliphatic carbocycles. The summed E-state index contributed by atoms with van der Waals surface area (Å²) in [5.74, 6) is -1.77. The summed E-state index contributed by atoms with van der Waals surface area (Å²) < 4.78 is 17.9. The minimum absolute atomic E-state index is 0.0121. The quantitative estimate of drug-likeness (QED) is 0.812. The first-order valence-electron chi connectivity index (χ1n) is 7.76. The molecule has 0 heterocycles. The number of rotatable bonds is 5. The Hall–Kier alpha value is -2.40. The average molecular weight is 364 g/mol. The van der Waals surface area contributed by atoms with Gasteiger partial charge in [0.2, 0.25) is 0 Å². The molecule has 6 heteroatoms. The van der Waals surface area contributed by atoms with Gasteiger partial charge in [0.25, 0.3) is 5.91 Å². The Balaban J connectivity index is 1.91. The molecule has 132 valence electrons. The number of nitrogens with one attached hydrogen (secondary N) is 1. The largest absolute Gasteiger partial charge is 0.452 e. The highest BCUT2D eigenvalue weighted by atomic mass is 35.5. The lowest BCUT2D eigenvalue weighted by Crippen LogP contribution is -2.31. The molecule has 0 bridgehead atoms. The number of halogens is 2. The highest BCUT2D eigenvalue weighted by Gasteiger charge is 2.16. The van der Waals surface area contributed by atoms with Crippen molar-refractivity contribution < 1.29 is 18.7 Å². The zero-order valence-electron chi connectivity index (χ0n) is 14.2. The molecule has 0 spiro atoms. The van der Waals surface area contributed by atoms with Gasteiger partial charge in [-0.1, -0.05) is 29.8 Å². The maximum atomic E-state index is 13.0. The van der Waals surface area contributed by atoms with E-state index in [4.69, 9.17) is 16.3 Å². The number of esters is 1. The van der Waals surface area contributed by atoms with Crippen molar-refractivity contribution in [2.45, 2.75) is 26.8 Å². The molecule has 2 rings (SSSR count). The van der Waals surface area contributed by atoms with E-state index in [2.05, 4.69) is 5.32 Å². The number of aryl methyl sites for hydroxylation is 2. The molecule has 2 aromatic rings. The lowest BCUT2D eigenvalue weighted by Gasteiger charge is -2.16. The number of benzene rings is 2. The van der Waals surface area contributed by atoms with Gasteiger partial charge in [0.15, 0.2) is 6.61 Å². The second-order valence-corrected chi connectivity index (χ2v) is 6.24. The number of ether oxygens (including phenoxy) is 1. The molecule has 0 radical (unpaired) electrons. The van der Waals surface area contributed by atoms with Gasteiger partial charge in [0.1, 0.15) is 5.82 Å². The molecule has 1 atom stereocenters. The summed E-state index contributed by atoms with van der Waals surface area (Å²) in [6.07, 6.45) is 0. The second kappa shape index (κ2) is 8.12. The number of carbonyl (C=O) groups is 2. The minimum atomic E-state index is -0.779. The summed E-state index contributed by atoms with van der Waals surface area (Å²) in [4.78, 5) is 23.9. The summed E-state index contributed by atoms with van der Waals surface area (Å²) in [6.45, 7) is 5.42. The third-order valence-electron chi connectivity index (χ3n) is 3.89. The average Bonchev–Trinajstić information content (AvgIpc) is 2.55. The summed E-state index contributed by atoms with van der Waals surface area (Å²) in [5, 5.41) is 2.70. The SMILES string of the molecule is Cc1ccc([C@H](C)NC(=O)COC(=O)c2ccc(F)cc2Cl)cc1C. The number of amides is 1. The Kier molecular flexibility index (Phi) is 6.15. The topological polar surface area (TPSA) is 55.4 Å². The van der Waals surface area contributed by atoms with Crippen LogP contribution in [0.25, 0.3) is 0 Å². The lowest BCUT2D eigenvalue weighted by atomic mass is 10.0. The van der Waals surface area contributed by atoms with Gasteiger partial charge in [-0.15, -0.1) is 0 Å². The van der Waals surface area contributed by atoms with E-state index in [0.717, 1.165) is 23.3 Å². The van der Waals surface area contributed by atoms with Crippen molar-refractivity contribution in [3.05, 3.63) is 69.5 Å². The number of hydrogen-bond donors (Lipinski definition) is 1. The Bertz CT molecular complexity index is 807. The molecule has 0 aliphatic rings. The highest BCUT2D eigenvalue weighted by molar-refractivity contribution is 6.33. The fourth-order valence-corrected chi connectivity index (χ4v) is 2.51. The zero-order chi connectivity index (χ0) is 18.6. The fourth-order valence-electron chi connectivity index (χ4n) is 2.26. The first-order valence-corrected chi connectivity index (χ1v) is 8.14.